The van der Waals surface area contributed by atoms with Gasteiger partial charge in [0.25, 0.3) is 0 Å². The smallest absolute Gasteiger partial charge is 0.234 e. The maximum Gasteiger partial charge on any atom is 0.234 e. The van der Waals surface area contributed by atoms with E-state index in [2.05, 4.69) is 15.6 Å². The standard InChI is InChI=1S/C22H18N4O2S2/c1-14(27)23-15-8-10-16(11-9-15)24-20(28)13-30-22-17-5-2-3-6-18(17)25-21(26-22)19-7-4-12-29-19/h2-12H,13H2,1H3,(H,23,27)(H,24,28). The molecule has 0 radical (unpaired) electrons. The lowest BCUT2D eigenvalue weighted by Gasteiger charge is -2.09. The van der Waals surface area contributed by atoms with Gasteiger partial charge in [-0.25, -0.2) is 9.97 Å². The number of amides is 2. The van der Waals surface area contributed by atoms with Crippen molar-refractivity contribution in [1.82, 2.24) is 9.97 Å². The van der Waals surface area contributed by atoms with E-state index in [0.29, 0.717) is 17.2 Å². The Labute approximate surface area is 181 Å². The van der Waals surface area contributed by atoms with Crippen molar-refractivity contribution < 1.29 is 9.59 Å². The second-order valence-corrected chi connectivity index (χ2v) is 8.35. The third-order valence-corrected chi connectivity index (χ3v) is 6.00. The number of thioether (sulfide) groups is 1. The van der Waals surface area contributed by atoms with Crippen LogP contribution in [0.25, 0.3) is 21.6 Å². The first-order valence-corrected chi connectivity index (χ1v) is 11.1. The van der Waals surface area contributed by atoms with Crippen molar-refractivity contribution in [3.8, 4) is 10.7 Å². The molecule has 6 nitrogen and oxygen atoms in total. The topological polar surface area (TPSA) is 84.0 Å². The molecule has 150 valence electrons. The number of thiophene rings is 1. The normalized spacial score (nSPS) is 10.7. The molecule has 4 aromatic rings. The van der Waals surface area contributed by atoms with Gasteiger partial charge in [0.1, 0.15) is 5.03 Å². The van der Waals surface area contributed by atoms with E-state index in [1.807, 2.05) is 41.8 Å². The molecule has 2 aromatic carbocycles. The zero-order valence-corrected chi connectivity index (χ0v) is 17.7. The van der Waals surface area contributed by atoms with Crippen LogP contribution in [0, 0.1) is 0 Å². The molecule has 0 saturated carbocycles. The number of para-hydroxylation sites is 1. The molecule has 0 atom stereocenters. The number of nitrogens with zero attached hydrogens (tertiary/aromatic N) is 2. The molecule has 2 heterocycles. The summed E-state index contributed by atoms with van der Waals surface area (Å²) in [6, 6.07) is 18.8. The van der Waals surface area contributed by atoms with Crippen molar-refractivity contribution >= 4 is 57.2 Å². The molecule has 0 bridgehead atoms. The molecular weight excluding hydrogens is 416 g/mol. The van der Waals surface area contributed by atoms with Gasteiger partial charge in [-0.2, -0.15) is 0 Å². The maximum atomic E-state index is 12.5. The Morgan fingerprint density at radius 2 is 1.67 bits per heavy atom. The summed E-state index contributed by atoms with van der Waals surface area (Å²) in [6.45, 7) is 1.45. The molecule has 0 spiro atoms. The van der Waals surface area contributed by atoms with Crippen molar-refractivity contribution in [3.05, 3.63) is 66.0 Å². The second-order valence-electron chi connectivity index (χ2n) is 6.44. The first kappa shape index (κ1) is 20.1. The number of rotatable bonds is 6. The van der Waals surface area contributed by atoms with E-state index < -0.39 is 0 Å². The summed E-state index contributed by atoms with van der Waals surface area (Å²) in [5.74, 6) is 0.619. The van der Waals surface area contributed by atoms with Gasteiger partial charge < -0.3 is 10.6 Å². The van der Waals surface area contributed by atoms with Crippen LogP contribution in [0.1, 0.15) is 6.92 Å². The van der Waals surface area contributed by atoms with E-state index in [1.54, 1.807) is 35.6 Å². The fourth-order valence-corrected chi connectivity index (χ4v) is 4.32. The highest BCUT2D eigenvalue weighted by molar-refractivity contribution is 8.00. The summed E-state index contributed by atoms with van der Waals surface area (Å²) in [7, 11) is 0. The molecule has 2 amide bonds. The molecule has 30 heavy (non-hydrogen) atoms. The number of carbonyl (C=O) groups excluding carboxylic acids is 2. The van der Waals surface area contributed by atoms with Gasteiger partial charge in [-0.1, -0.05) is 36.0 Å². The van der Waals surface area contributed by atoms with E-state index in [4.69, 9.17) is 4.98 Å². The van der Waals surface area contributed by atoms with Crippen LogP contribution in [0.15, 0.2) is 71.1 Å². The predicted octanol–water partition coefficient (Wildman–Crippen LogP) is 5.05. The van der Waals surface area contributed by atoms with Gasteiger partial charge in [-0.3, -0.25) is 9.59 Å². The number of anilines is 2. The lowest BCUT2D eigenvalue weighted by atomic mass is 10.2. The largest absolute Gasteiger partial charge is 0.326 e. The van der Waals surface area contributed by atoms with Gasteiger partial charge in [-0.05, 0) is 41.8 Å². The lowest BCUT2D eigenvalue weighted by molar-refractivity contribution is -0.114. The van der Waals surface area contributed by atoms with Crippen molar-refractivity contribution in [2.75, 3.05) is 16.4 Å². The molecular formula is C22H18N4O2S2. The second kappa shape index (κ2) is 9.06. The van der Waals surface area contributed by atoms with Gasteiger partial charge in [0.2, 0.25) is 11.8 Å². The summed E-state index contributed by atoms with van der Waals surface area (Å²) in [5, 5.41) is 9.26. The van der Waals surface area contributed by atoms with Crippen molar-refractivity contribution in [2.45, 2.75) is 11.9 Å². The zero-order valence-electron chi connectivity index (χ0n) is 16.1. The molecule has 0 aliphatic rings. The van der Waals surface area contributed by atoms with E-state index in [1.165, 1.54) is 18.7 Å². The predicted molar refractivity (Wildman–Crippen MR) is 123 cm³/mol. The van der Waals surface area contributed by atoms with Gasteiger partial charge in [0.05, 0.1) is 16.1 Å². The Morgan fingerprint density at radius 1 is 0.933 bits per heavy atom. The average molecular weight is 435 g/mol. The fraction of sp³-hybridized carbons (Fsp3) is 0.0909. The van der Waals surface area contributed by atoms with Gasteiger partial charge in [-0.15, -0.1) is 11.3 Å². The number of hydrogen-bond acceptors (Lipinski definition) is 6. The number of aromatic nitrogens is 2. The Bertz CT molecular complexity index is 1190. The van der Waals surface area contributed by atoms with Crippen molar-refractivity contribution in [2.24, 2.45) is 0 Å². The molecule has 0 unspecified atom stereocenters. The van der Waals surface area contributed by atoms with E-state index in [9.17, 15) is 9.59 Å². The summed E-state index contributed by atoms with van der Waals surface area (Å²) in [6.07, 6.45) is 0. The highest BCUT2D eigenvalue weighted by Gasteiger charge is 2.12. The first-order valence-electron chi connectivity index (χ1n) is 9.19. The molecule has 4 rings (SSSR count). The summed E-state index contributed by atoms with van der Waals surface area (Å²) in [4.78, 5) is 33.9. The van der Waals surface area contributed by atoms with Gasteiger partial charge in [0, 0.05) is 23.7 Å². The summed E-state index contributed by atoms with van der Waals surface area (Å²) >= 11 is 2.97. The number of benzene rings is 2. The molecule has 2 aromatic heterocycles. The van der Waals surface area contributed by atoms with Gasteiger partial charge >= 0.3 is 0 Å². The molecule has 0 aliphatic heterocycles. The maximum absolute atomic E-state index is 12.5. The van der Waals surface area contributed by atoms with E-state index in [0.717, 1.165) is 20.8 Å². The summed E-state index contributed by atoms with van der Waals surface area (Å²) < 4.78 is 0. The average Bonchev–Trinajstić information content (AvgIpc) is 3.28. The highest BCUT2D eigenvalue weighted by atomic mass is 32.2. The molecule has 0 saturated heterocycles. The minimum atomic E-state index is -0.137. The molecule has 2 N–H and O–H groups in total. The Balaban J connectivity index is 1.47. The third kappa shape index (κ3) is 4.84. The first-order chi connectivity index (χ1) is 14.6. The Kier molecular flexibility index (Phi) is 6.06. The van der Waals surface area contributed by atoms with E-state index >= 15 is 0 Å². The fourth-order valence-electron chi connectivity index (χ4n) is 2.84. The van der Waals surface area contributed by atoms with Crippen LogP contribution >= 0.6 is 23.1 Å². The number of nitrogens with one attached hydrogen (secondary N) is 2. The minimum absolute atomic E-state index is 0.132. The van der Waals surface area contributed by atoms with Crippen LogP contribution in [0.5, 0.6) is 0 Å². The molecule has 0 fully saturated rings. The SMILES string of the molecule is CC(=O)Nc1ccc(NC(=O)CSc2nc(-c3cccs3)nc3ccccc23)cc1. The Morgan fingerprint density at radius 3 is 2.37 bits per heavy atom. The van der Waals surface area contributed by atoms with Crippen LogP contribution in [-0.2, 0) is 9.59 Å². The van der Waals surface area contributed by atoms with Crippen molar-refractivity contribution in [1.29, 1.82) is 0 Å². The number of fused-ring (bicyclic) bond motifs is 1. The van der Waals surface area contributed by atoms with Gasteiger partial charge in [0.15, 0.2) is 5.82 Å². The quantitative estimate of drug-likeness (QED) is 0.328. The van der Waals surface area contributed by atoms with Crippen LogP contribution in [0.4, 0.5) is 11.4 Å². The summed E-state index contributed by atoms with van der Waals surface area (Å²) in [5.41, 5.74) is 2.21. The van der Waals surface area contributed by atoms with Crippen molar-refractivity contribution in [3.63, 3.8) is 0 Å². The van der Waals surface area contributed by atoms with Crippen LogP contribution in [0.3, 0.4) is 0 Å². The molecule has 0 aliphatic carbocycles. The highest BCUT2D eigenvalue weighted by Crippen LogP contribution is 2.30. The van der Waals surface area contributed by atoms with Crippen LogP contribution in [-0.4, -0.2) is 27.5 Å². The molecule has 8 heteroatoms. The van der Waals surface area contributed by atoms with E-state index in [-0.39, 0.29) is 17.6 Å². The number of carbonyl (C=O) groups is 2. The lowest BCUT2D eigenvalue weighted by Crippen LogP contribution is -2.14. The third-order valence-electron chi connectivity index (χ3n) is 4.14. The minimum Gasteiger partial charge on any atom is -0.326 e. The number of hydrogen-bond donors (Lipinski definition) is 2. The monoisotopic (exact) mass is 434 g/mol. The zero-order chi connectivity index (χ0) is 20.9. The van der Waals surface area contributed by atoms with Crippen LogP contribution < -0.4 is 10.6 Å². The van der Waals surface area contributed by atoms with Crippen LogP contribution in [0.2, 0.25) is 0 Å². The Hall–Kier alpha value is -3.23.